The monoisotopic (exact) mass is 326 g/mol. The summed E-state index contributed by atoms with van der Waals surface area (Å²) in [6.07, 6.45) is 1.90. The zero-order valence-electron chi connectivity index (χ0n) is 11.7. The van der Waals surface area contributed by atoms with Gasteiger partial charge in [-0.25, -0.2) is 4.79 Å². The van der Waals surface area contributed by atoms with E-state index >= 15 is 0 Å². The fourth-order valence-corrected chi connectivity index (χ4v) is 3.88. The highest BCUT2D eigenvalue weighted by Gasteiger charge is 2.42. The Hall–Kier alpha value is -1.03. The second kappa shape index (κ2) is 4.23. The summed E-state index contributed by atoms with van der Waals surface area (Å²) >= 11 is 3.43. The van der Waals surface area contributed by atoms with Gasteiger partial charge in [0, 0.05) is 0 Å². The summed E-state index contributed by atoms with van der Waals surface area (Å²) in [4.78, 5) is 11.5. The highest BCUT2D eigenvalue weighted by Crippen LogP contribution is 2.51. The molecule has 0 atom stereocenters. The van der Waals surface area contributed by atoms with Gasteiger partial charge in [-0.1, -0.05) is 27.7 Å². The van der Waals surface area contributed by atoms with Gasteiger partial charge in [-0.05, 0) is 56.8 Å². The molecule has 104 valence electrons. The van der Waals surface area contributed by atoms with Crippen molar-refractivity contribution in [1.29, 1.82) is 0 Å². The summed E-state index contributed by atoms with van der Waals surface area (Å²) in [5.41, 5.74) is 1.65. The third-order valence-electron chi connectivity index (χ3n) is 4.20. The van der Waals surface area contributed by atoms with Crippen LogP contribution >= 0.6 is 15.9 Å². The predicted octanol–water partition coefficient (Wildman–Crippen LogP) is 4.20. The van der Waals surface area contributed by atoms with Gasteiger partial charge in [0.05, 0.1) is 10.0 Å². The summed E-state index contributed by atoms with van der Waals surface area (Å²) in [6, 6.07) is 1.36. The average Bonchev–Trinajstić information content (AvgIpc) is 2.27. The smallest absolute Gasteiger partial charge is 0.336 e. The van der Waals surface area contributed by atoms with Crippen LogP contribution in [0.3, 0.4) is 0 Å². The SMILES string of the molecule is CC1(C)CCC(C)(C)c2c(Br)c(O)cc(C(=O)O)c21. The summed E-state index contributed by atoms with van der Waals surface area (Å²) in [7, 11) is 0. The number of carboxylic acid groups (broad SMARTS) is 1. The molecule has 19 heavy (non-hydrogen) atoms. The Morgan fingerprint density at radius 3 is 2.11 bits per heavy atom. The molecule has 0 aromatic heterocycles. The zero-order valence-corrected chi connectivity index (χ0v) is 13.3. The van der Waals surface area contributed by atoms with Gasteiger partial charge in [-0.15, -0.1) is 0 Å². The fraction of sp³-hybridized carbons (Fsp3) is 0.533. The molecule has 1 aromatic carbocycles. The first-order valence-electron chi connectivity index (χ1n) is 6.37. The van der Waals surface area contributed by atoms with Crippen LogP contribution in [0.5, 0.6) is 5.75 Å². The second-order valence-electron chi connectivity index (χ2n) is 6.58. The molecule has 2 N–H and O–H groups in total. The van der Waals surface area contributed by atoms with E-state index in [0.717, 1.165) is 24.0 Å². The normalized spacial score (nSPS) is 19.8. The Morgan fingerprint density at radius 2 is 1.63 bits per heavy atom. The third kappa shape index (κ3) is 2.16. The molecule has 0 aliphatic heterocycles. The molecular formula is C15H19BrO3. The fourth-order valence-electron chi connectivity index (χ4n) is 3.03. The molecule has 0 unspecified atom stereocenters. The molecule has 1 aliphatic carbocycles. The summed E-state index contributed by atoms with van der Waals surface area (Å²) in [5.74, 6) is -0.980. The largest absolute Gasteiger partial charge is 0.507 e. The molecule has 0 saturated carbocycles. The highest BCUT2D eigenvalue weighted by atomic mass is 79.9. The quantitative estimate of drug-likeness (QED) is 0.813. The van der Waals surface area contributed by atoms with Crippen molar-refractivity contribution in [2.24, 2.45) is 0 Å². The molecule has 0 spiro atoms. The molecule has 0 heterocycles. The first-order chi connectivity index (χ1) is 8.58. The molecule has 0 amide bonds. The zero-order chi connectivity index (χ0) is 14.6. The van der Waals surface area contributed by atoms with Crippen molar-refractivity contribution in [3.63, 3.8) is 0 Å². The van der Waals surface area contributed by atoms with Crippen molar-refractivity contribution in [1.82, 2.24) is 0 Å². The lowest BCUT2D eigenvalue weighted by molar-refractivity contribution is 0.0692. The Kier molecular flexibility index (Phi) is 3.21. The van der Waals surface area contributed by atoms with Crippen LogP contribution in [-0.2, 0) is 10.8 Å². The number of hydrogen-bond donors (Lipinski definition) is 2. The Labute approximate surface area is 121 Å². The van der Waals surface area contributed by atoms with Crippen molar-refractivity contribution in [3.05, 3.63) is 27.2 Å². The number of benzene rings is 1. The summed E-state index contributed by atoms with van der Waals surface area (Å²) < 4.78 is 0.630. The number of carboxylic acids is 1. The number of phenols is 1. The van der Waals surface area contributed by atoms with Crippen molar-refractivity contribution >= 4 is 21.9 Å². The minimum absolute atomic E-state index is 0.00178. The third-order valence-corrected chi connectivity index (χ3v) is 5.01. The van der Waals surface area contributed by atoms with E-state index in [1.807, 2.05) is 0 Å². The first kappa shape index (κ1) is 14.4. The maximum Gasteiger partial charge on any atom is 0.336 e. The van der Waals surface area contributed by atoms with Crippen LogP contribution in [0.4, 0.5) is 0 Å². The van der Waals surface area contributed by atoms with Crippen LogP contribution in [0.25, 0.3) is 0 Å². The molecule has 0 saturated heterocycles. The number of phenolic OH excluding ortho intramolecular Hbond substituents is 1. The average molecular weight is 327 g/mol. The Morgan fingerprint density at radius 1 is 1.16 bits per heavy atom. The maximum absolute atomic E-state index is 11.5. The van der Waals surface area contributed by atoms with Crippen molar-refractivity contribution in [3.8, 4) is 5.75 Å². The van der Waals surface area contributed by atoms with Crippen LogP contribution in [0.1, 0.15) is 62.0 Å². The lowest BCUT2D eigenvalue weighted by Crippen LogP contribution is -2.36. The van der Waals surface area contributed by atoms with E-state index < -0.39 is 5.97 Å². The number of hydrogen-bond acceptors (Lipinski definition) is 2. The number of rotatable bonds is 1. The van der Waals surface area contributed by atoms with Gasteiger partial charge in [0.1, 0.15) is 5.75 Å². The van der Waals surface area contributed by atoms with Gasteiger partial charge in [-0.3, -0.25) is 0 Å². The van der Waals surface area contributed by atoms with Crippen molar-refractivity contribution in [2.45, 2.75) is 51.4 Å². The van der Waals surface area contributed by atoms with E-state index in [0.29, 0.717) is 4.47 Å². The summed E-state index contributed by atoms with van der Waals surface area (Å²) in [5, 5.41) is 19.4. The number of halogens is 1. The molecule has 1 aliphatic rings. The van der Waals surface area contributed by atoms with Gasteiger partial charge in [0.15, 0.2) is 0 Å². The van der Waals surface area contributed by atoms with E-state index in [2.05, 4.69) is 43.6 Å². The van der Waals surface area contributed by atoms with Gasteiger partial charge >= 0.3 is 5.97 Å². The van der Waals surface area contributed by atoms with Gasteiger partial charge in [0.25, 0.3) is 0 Å². The predicted molar refractivity (Wildman–Crippen MR) is 78.1 cm³/mol. The molecule has 2 rings (SSSR count). The molecule has 0 fully saturated rings. The lowest BCUT2D eigenvalue weighted by Gasteiger charge is -2.43. The van der Waals surface area contributed by atoms with Gasteiger partial charge in [0.2, 0.25) is 0 Å². The number of carbonyl (C=O) groups is 1. The van der Waals surface area contributed by atoms with E-state index in [4.69, 9.17) is 0 Å². The maximum atomic E-state index is 11.5. The van der Waals surface area contributed by atoms with E-state index in [1.165, 1.54) is 6.07 Å². The van der Waals surface area contributed by atoms with Crippen LogP contribution in [0.15, 0.2) is 10.5 Å². The molecule has 0 radical (unpaired) electrons. The number of aromatic hydroxyl groups is 1. The second-order valence-corrected chi connectivity index (χ2v) is 7.37. The van der Waals surface area contributed by atoms with Gasteiger partial charge < -0.3 is 10.2 Å². The lowest BCUT2D eigenvalue weighted by atomic mass is 9.62. The van der Waals surface area contributed by atoms with Crippen molar-refractivity contribution in [2.75, 3.05) is 0 Å². The van der Waals surface area contributed by atoms with E-state index in [1.54, 1.807) is 0 Å². The standard InChI is InChI=1S/C15H19BrO3/c1-14(2)5-6-15(3,4)11-10(14)8(13(18)19)7-9(17)12(11)16/h7,17H,5-6H2,1-4H3,(H,18,19). The summed E-state index contributed by atoms with van der Waals surface area (Å²) in [6.45, 7) is 8.32. The molecule has 0 bridgehead atoms. The molecule has 1 aromatic rings. The topological polar surface area (TPSA) is 57.5 Å². The van der Waals surface area contributed by atoms with Crippen LogP contribution in [0, 0.1) is 0 Å². The molecule has 3 nitrogen and oxygen atoms in total. The minimum Gasteiger partial charge on any atom is -0.507 e. The van der Waals surface area contributed by atoms with Gasteiger partial charge in [-0.2, -0.15) is 0 Å². The van der Waals surface area contributed by atoms with E-state index in [9.17, 15) is 15.0 Å². The van der Waals surface area contributed by atoms with Crippen LogP contribution in [0.2, 0.25) is 0 Å². The first-order valence-corrected chi connectivity index (χ1v) is 7.17. The Bertz CT molecular complexity index is 559. The molecular weight excluding hydrogens is 308 g/mol. The number of aromatic carboxylic acids is 1. The molecule has 4 heteroatoms. The minimum atomic E-state index is -0.982. The van der Waals surface area contributed by atoms with Crippen LogP contribution < -0.4 is 0 Å². The number of fused-ring (bicyclic) bond motifs is 1. The van der Waals surface area contributed by atoms with Crippen LogP contribution in [-0.4, -0.2) is 16.2 Å². The van der Waals surface area contributed by atoms with E-state index in [-0.39, 0.29) is 22.1 Å². The van der Waals surface area contributed by atoms with Crippen molar-refractivity contribution < 1.29 is 15.0 Å². The highest BCUT2D eigenvalue weighted by molar-refractivity contribution is 9.10. The Balaban J connectivity index is 2.92.